The molecule has 1 aliphatic carbocycles. The molecule has 1 aliphatic heterocycles. The third-order valence-corrected chi connectivity index (χ3v) is 8.64. The minimum absolute atomic E-state index is 0. The zero-order valence-corrected chi connectivity index (χ0v) is 20.8. The lowest BCUT2D eigenvalue weighted by Crippen LogP contribution is -2.36. The van der Waals surface area contributed by atoms with E-state index in [0.29, 0.717) is 12.3 Å². The number of carbonyl (C=O) groups excluding carboxylic acids is 2. The highest BCUT2D eigenvalue weighted by molar-refractivity contribution is 7.82. The Kier molecular flexibility index (Phi) is 8.04. The van der Waals surface area contributed by atoms with Crippen molar-refractivity contribution in [1.82, 2.24) is 4.31 Å². The number of hydrogen-bond donors (Lipinski definition) is 0. The molecule has 0 aromatic heterocycles. The summed E-state index contributed by atoms with van der Waals surface area (Å²) in [4.78, 5) is 27.0. The van der Waals surface area contributed by atoms with E-state index in [0.717, 1.165) is 65.1 Å². The zero-order valence-electron chi connectivity index (χ0n) is 20.0. The summed E-state index contributed by atoms with van der Waals surface area (Å²) in [6, 6.07) is 12.0. The Hall–Kier alpha value is -2.15. The largest absolute Gasteiger partial charge is 0.412 e. The van der Waals surface area contributed by atoms with Crippen LogP contribution >= 0.6 is 0 Å². The summed E-state index contributed by atoms with van der Waals surface area (Å²) in [5.74, 6) is -0.174. The Morgan fingerprint density at radius 1 is 0.909 bits per heavy atom. The van der Waals surface area contributed by atoms with Gasteiger partial charge in [-0.25, -0.2) is 8.51 Å². The van der Waals surface area contributed by atoms with Crippen LogP contribution in [-0.4, -0.2) is 38.6 Å². The van der Waals surface area contributed by atoms with Crippen LogP contribution in [0.1, 0.15) is 59.4 Å². The highest BCUT2D eigenvalue weighted by Crippen LogP contribution is 2.40. The maximum atomic E-state index is 13.3. The molecule has 0 bridgehead atoms. The topological polar surface area (TPSA) is 86.0 Å². The monoisotopic (exact) mass is 469 g/mol. The van der Waals surface area contributed by atoms with Gasteiger partial charge in [-0.05, 0) is 81.7 Å². The second-order valence-corrected chi connectivity index (χ2v) is 11.2. The average molecular weight is 470 g/mol. The van der Waals surface area contributed by atoms with E-state index in [2.05, 4.69) is 12.1 Å². The van der Waals surface area contributed by atoms with Crippen molar-refractivity contribution in [3.63, 3.8) is 0 Å². The third kappa shape index (κ3) is 5.34. The molecule has 2 aliphatic rings. The fourth-order valence-corrected chi connectivity index (χ4v) is 6.73. The van der Waals surface area contributed by atoms with Crippen molar-refractivity contribution in [3.8, 4) is 0 Å². The number of nitrogens with zero attached hydrogens (tertiary/aromatic N) is 1. The predicted molar refractivity (Wildman–Crippen MR) is 132 cm³/mol. The summed E-state index contributed by atoms with van der Waals surface area (Å²) in [5.41, 5.74) is 5.34. The van der Waals surface area contributed by atoms with E-state index in [1.807, 2.05) is 56.3 Å². The third-order valence-electron chi connectivity index (χ3n) is 7.13. The van der Waals surface area contributed by atoms with Crippen molar-refractivity contribution in [2.75, 3.05) is 13.1 Å². The second-order valence-electron chi connectivity index (χ2n) is 9.69. The molecule has 178 valence electrons. The highest BCUT2D eigenvalue weighted by Gasteiger charge is 2.44. The molecular weight excluding hydrogens is 434 g/mol. The molecular formula is C27H35NO4S. The first-order valence-electron chi connectivity index (χ1n) is 11.6. The Labute approximate surface area is 199 Å². The predicted octanol–water partition coefficient (Wildman–Crippen LogP) is 4.16. The van der Waals surface area contributed by atoms with Gasteiger partial charge in [0, 0.05) is 25.4 Å². The summed E-state index contributed by atoms with van der Waals surface area (Å²) < 4.78 is 14.9. The van der Waals surface area contributed by atoms with Crippen molar-refractivity contribution >= 4 is 22.6 Å². The molecule has 33 heavy (non-hydrogen) atoms. The van der Waals surface area contributed by atoms with Crippen molar-refractivity contribution in [1.29, 1.82) is 0 Å². The van der Waals surface area contributed by atoms with Gasteiger partial charge in [0.1, 0.15) is 22.7 Å². The summed E-state index contributed by atoms with van der Waals surface area (Å²) in [6.45, 7) is 9.61. The molecule has 1 saturated carbocycles. The van der Waals surface area contributed by atoms with Gasteiger partial charge >= 0.3 is 0 Å². The lowest BCUT2D eigenvalue weighted by atomic mass is 9.83. The summed E-state index contributed by atoms with van der Waals surface area (Å²) in [6.07, 6.45) is 2.98. The number of ketones is 2. The molecule has 2 N–H and O–H groups in total. The summed E-state index contributed by atoms with van der Waals surface area (Å²) in [7, 11) is -1.14. The number of piperidine rings is 1. The highest BCUT2D eigenvalue weighted by atomic mass is 32.2. The van der Waals surface area contributed by atoms with Crippen molar-refractivity contribution < 1.29 is 19.3 Å². The normalized spacial score (nSPS) is 22.9. The first-order valence-corrected chi connectivity index (χ1v) is 12.7. The van der Waals surface area contributed by atoms with Crippen molar-refractivity contribution in [2.45, 2.75) is 64.2 Å². The van der Waals surface area contributed by atoms with Crippen LogP contribution in [-0.2, 0) is 20.6 Å². The zero-order chi connectivity index (χ0) is 23.0. The molecule has 0 radical (unpaired) electrons. The molecule has 2 aromatic carbocycles. The Balaban J connectivity index is 0.00000306. The van der Waals surface area contributed by atoms with E-state index < -0.39 is 16.9 Å². The first kappa shape index (κ1) is 25.5. The lowest BCUT2D eigenvalue weighted by molar-refractivity contribution is -0.125. The number of aryl methyl sites for hydroxylation is 4. The average Bonchev–Trinajstić information content (AvgIpc) is 3.01. The van der Waals surface area contributed by atoms with Crippen LogP contribution in [0.5, 0.6) is 0 Å². The van der Waals surface area contributed by atoms with Gasteiger partial charge in [-0.2, -0.15) is 0 Å². The Morgan fingerprint density at radius 2 is 1.48 bits per heavy atom. The molecule has 0 spiro atoms. The van der Waals surface area contributed by atoms with Crippen LogP contribution in [0.25, 0.3) is 0 Å². The van der Waals surface area contributed by atoms with Gasteiger partial charge in [-0.1, -0.05) is 35.4 Å². The molecule has 6 heteroatoms. The SMILES string of the molecule is Cc1ccc(S(=O)N2CCC(CC3CC(=O)C(c4c(C)cc(C)cc4C)C3=O)CC2)cc1.O. The molecule has 5 nitrogen and oxygen atoms in total. The molecule has 0 amide bonds. The minimum Gasteiger partial charge on any atom is -0.412 e. The molecule has 2 fully saturated rings. The van der Waals surface area contributed by atoms with Gasteiger partial charge in [0.05, 0.1) is 4.90 Å². The van der Waals surface area contributed by atoms with Crippen molar-refractivity contribution in [2.24, 2.45) is 11.8 Å². The molecule has 2 aromatic rings. The Bertz CT molecular complexity index is 1030. The van der Waals surface area contributed by atoms with Crippen LogP contribution < -0.4 is 0 Å². The molecule has 3 atom stereocenters. The van der Waals surface area contributed by atoms with Gasteiger partial charge in [0.25, 0.3) is 0 Å². The van der Waals surface area contributed by atoms with Crippen LogP contribution in [0, 0.1) is 39.5 Å². The van der Waals surface area contributed by atoms with Crippen LogP contribution in [0.4, 0.5) is 0 Å². The van der Waals surface area contributed by atoms with Gasteiger partial charge in [-0.15, -0.1) is 0 Å². The fourth-order valence-electron chi connectivity index (χ4n) is 5.52. The fraction of sp³-hybridized carbons (Fsp3) is 0.481. The quantitative estimate of drug-likeness (QED) is 0.616. The number of benzene rings is 2. The van der Waals surface area contributed by atoms with Gasteiger partial charge in [0.2, 0.25) is 0 Å². The van der Waals surface area contributed by atoms with Gasteiger partial charge < -0.3 is 5.48 Å². The van der Waals surface area contributed by atoms with E-state index in [9.17, 15) is 13.8 Å². The molecule has 4 rings (SSSR count). The van der Waals surface area contributed by atoms with Crippen LogP contribution in [0.2, 0.25) is 0 Å². The summed E-state index contributed by atoms with van der Waals surface area (Å²) >= 11 is 0. The van der Waals surface area contributed by atoms with E-state index in [1.165, 1.54) is 0 Å². The minimum atomic E-state index is -1.14. The smallest absolute Gasteiger partial charge is 0.151 e. The van der Waals surface area contributed by atoms with Crippen LogP contribution in [0.3, 0.4) is 0 Å². The second kappa shape index (κ2) is 10.4. The van der Waals surface area contributed by atoms with E-state index in [-0.39, 0.29) is 23.0 Å². The summed E-state index contributed by atoms with van der Waals surface area (Å²) in [5, 5.41) is 0. The van der Waals surface area contributed by atoms with E-state index in [1.54, 1.807) is 0 Å². The van der Waals surface area contributed by atoms with Crippen molar-refractivity contribution in [3.05, 3.63) is 64.2 Å². The Morgan fingerprint density at radius 3 is 2.06 bits per heavy atom. The van der Waals surface area contributed by atoms with Gasteiger partial charge in [-0.3, -0.25) is 9.59 Å². The molecule has 1 saturated heterocycles. The molecule has 3 unspecified atom stereocenters. The van der Waals surface area contributed by atoms with Gasteiger partial charge in [0.15, 0.2) is 5.78 Å². The standard InChI is InChI=1S/C27H33NO3S.H2O/c1-17-5-7-23(8-6-17)32(31)28-11-9-21(10-12-28)15-22-16-24(29)26(27(22)30)25-19(3)13-18(2)14-20(25)4;/h5-8,13-14,21-22,26H,9-12,15-16H2,1-4H3;1H2. The van der Waals surface area contributed by atoms with Crippen LogP contribution in [0.15, 0.2) is 41.3 Å². The number of Topliss-reactive ketones (excluding diaryl/α,β-unsaturated/α-hetero) is 2. The lowest BCUT2D eigenvalue weighted by Gasteiger charge is -2.31. The maximum Gasteiger partial charge on any atom is 0.151 e. The maximum absolute atomic E-state index is 13.3. The molecule has 1 heterocycles. The number of rotatable bonds is 5. The number of hydrogen-bond acceptors (Lipinski definition) is 3. The number of carbonyl (C=O) groups is 2. The van der Waals surface area contributed by atoms with E-state index in [4.69, 9.17) is 0 Å². The first-order chi connectivity index (χ1) is 15.2. The van der Waals surface area contributed by atoms with E-state index >= 15 is 0 Å².